The highest BCUT2D eigenvalue weighted by atomic mass is 35.5. The number of hydrogen-bond donors (Lipinski definition) is 2. The second kappa shape index (κ2) is 6.30. The van der Waals surface area contributed by atoms with Crippen molar-refractivity contribution >= 4 is 28.9 Å². The van der Waals surface area contributed by atoms with Gasteiger partial charge in [-0.25, -0.2) is 0 Å². The van der Waals surface area contributed by atoms with Crippen LogP contribution in [0.4, 0.5) is 11.4 Å². The Morgan fingerprint density at radius 1 is 1.30 bits per heavy atom. The topological polar surface area (TPSA) is 64.3 Å². The number of rotatable bonds is 4. The summed E-state index contributed by atoms with van der Waals surface area (Å²) in [7, 11) is 0. The van der Waals surface area contributed by atoms with Crippen LogP contribution in [0.1, 0.15) is 5.56 Å². The number of carbonyl (C=O) groups excluding carboxylic acids is 1. The van der Waals surface area contributed by atoms with Crippen LogP contribution in [0.3, 0.4) is 0 Å². The van der Waals surface area contributed by atoms with E-state index >= 15 is 0 Å². The lowest BCUT2D eigenvalue weighted by atomic mass is 10.2. The minimum absolute atomic E-state index is 0.114. The van der Waals surface area contributed by atoms with Gasteiger partial charge in [0.2, 0.25) is 0 Å². The molecule has 1 amide bonds. The van der Waals surface area contributed by atoms with Gasteiger partial charge < -0.3 is 15.8 Å². The monoisotopic (exact) mass is 290 g/mol. The molecule has 5 heteroatoms. The molecule has 0 heterocycles. The molecule has 3 N–H and O–H groups in total. The van der Waals surface area contributed by atoms with Crippen molar-refractivity contribution in [3.8, 4) is 5.75 Å². The van der Waals surface area contributed by atoms with Gasteiger partial charge in [-0.2, -0.15) is 0 Å². The van der Waals surface area contributed by atoms with Crippen LogP contribution in [0.2, 0.25) is 5.02 Å². The Kier molecular flexibility index (Phi) is 4.48. The van der Waals surface area contributed by atoms with Crippen LogP contribution in [0.5, 0.6) is 5.75 Å². The van der Waals surface area contributed by atoms with Gasteiger partial charge in [-0.1, -0.05) is 23.7 Å². The summed E-state index contributed by atoms with van der Waals surface area (Å²) >= 11 is 5.96. The first kappa shape index (κ1) is 14.2. The van der Waals surface area contributed by atoms with Crippen molar-refractivity contribution in [1.29, 1.82) is 0 Å². The summed E-state index contributed by atoms with van der Waals surface area (Å²) in [5, 5.41) is 3.13. The van der Waals surface area contributed by atoms with E-state index in [0.717, 1.165) is 11.3 Å². The summed E-state index contributed by atoms with van der Waals surface area (Å²) < 4.78 is 5.36. The van der Waals surface area contributed by atoms with Gasteiger partial charge in [0.25, 0.3) is 5.91 Å². The summed E-state index contributed by atoms with van der Waals surface area (Å²) in [5.41, 5.74) is 7.94. The van der Waals surface area contributed by atoms with Crippen molar-refractivity contribution in [1.82, 2.24) is 0 Å². The summed E-state index contributed by atoms with van der Waals surface area (Å²) in [4.78, 5) is 11.8. The zero-order valence-electron chi connectivity index (χ0n) is 11.0. The van der Waals surface area contributed by atoms with E-state index in [2.05, 4.69) is 5.32 Å². The van der Waals surface area contributed by atoms with Crippen LogP contribution in [-0.4, -0.2) is 12.5 Å². The second-order valence-electron chi connectivity index (χ2n) is 4.40. The molecular weight excluding hydrogens is 276 g/mol. The normalized spacial score (nSPS) is 10.1. The van der Waals surface area contributed by atoms with Crippen molar-refractivity contribution in [3.63, 3.8) is 0 Å². The molecule has 0 radical (unpaired) electrons. The van der Waals surface area contributed by atoms with E-state index in [4.69, 9.17) is 22.1 Å². The summed E-state index contributed by atoms with van der Waals surface area (Å²) in [6.07, 6.45) is 0. The Balaban J connectivity index is 1.92. The number of hydrogen-bond acceptors (Lipinski definition) is 3. The fourth-order valence-corrected chi connectivity index (χ4v) is 1.94. The van der Waals surface area contributed by atoms with Gasteiger partial charge in [0.05, 0.1) is 5.02 Å². The number of ether oxygens (including phenoxy) is 1. The van der Waals surface area contributed by atoms with Crippen LogP contribution in [-0.2, 0) is 4.79 Å². The molecule has 104 valence electrons. The zero-order chi connectivity index (χ0) is 14.5. The molecule has 0 unspecified atom stereocenters. The first-order valence-electron chi connectivity index (χ1n) is 6.09. The molecular formula is C15H15ClN2O2. The Morgan fingerprint density at radius 3 is 2.80 bits per heavy atom. The highest BCUT2D eigenvalue weighted by Gasteiger charge is 2.06. The van der Waals surface area contributed by atoms with Gasteiger partial charge >= 0.3 is 0 Å². The van der Waals surface area contributed by atoms with E-state index in [9.17, 15) is 4.79 Å². The highest BCUT2D eigenvalue weighted by molar-refractivity contribution is 6.32. The maximum Gasteiger partial charge on any atom is 0.262 e. The smallest absolute Gasteiger partial charge is 0.262 e. The molecule has 4 nitrogen and oxygen atoms in total. The quantitative estimate of drug-likeness (QED) is 0.850. The molecule has 0 aromatic heterocycles. The average Bonchev–Trinajstić information content (AvgIpc) is 2.37. The molecule has 0 bridgehead atoms. The molecule has 0 aliphatic heterocycles. The predicted octanol–water partition coefficient (Wildman–Crippen LogP) is 3.25. The number of amides is 1. The molecule has 0 aliphatic rings. The maximum absolute atomic E-state index is 11.8. The molecule has 2 rings (SSSR count). The summed E-state index contributed by atoms with van der Waals surface area (Å²) in [5.74, 6) is 0.184. The van der Waals surface area contributed by atoms with Gasteiger partial charge in [0.15, 0.2) is 6.61 Å². The average molecular weight is 291 g/mol. The lowest BCUT2D eigenvalue weighted by Crippen LogP contribution is -2.20. The molecule has 2 aromatic carbocycles. The number of halogens is 1. The van der Waals surface area contributed by atoms with Crippen molar-refractivity contribution in [2.45, 2.75) is 6.92 Å². The number of carbonyl (C=O) groups is 1. The van der Waals surface area contributed by atoms with Crippen LogP contribution >= 0.6 is 11.6 Å². The van der Waals surface area contributed by atoms with Crippen molar-refractivity contribution in [3.05, 3.63) is 53.1 Å². The number of aryl methyl sites for hydroxylation is 1. The third-order valence-corrected chi connectivity index (χ3v) is 2.91. The van der Waals surface area contributed by atoms with Crippen molar-refractivity contribution in [2.75, 3.05) is 17.7 Å². The third-order valence-electron chi connectivity index (χ3n) is 2.62. The van der Waals surface area contributed by atoms with Crippen LogP contribution in [0, 0.1) is 6.92 Å². The van der Waals surface area contributed by atoms with E-state index in [0.29, 0.717) is 16.5 Å². The number of anilines is 2. The van der Waals surface area contributed by atoms with Gasteiger partial charge in [-0.15, -0.1) is 0 Å². The van der Waals surface area contributed by atoms with E-state index in [1.807, 2.05) is 31.2 Å². The molecule has 0 saturated carbocycles. The number of nitrogen functional groups attached to an aromatic ring is 1. The number of nitrogens with two attached hydrogens (primary N) is 1. The van der Waals surface area contributed by atoms with E-state index < -0.39 is 0 Å². The Hall–Kier alpha value is -2.20. The Morgan fingerprint density at radius 2 is 2.10 bits per heavy atom. The molecule has 0 spiro atoms. The van der Waals surface area contributed by atoms with E-state index in [-0.39, 0.29) is 12.5 Å². The van der Waals surface area contributed by atoms with Crippen LogP contribution < -0.4 is 15.8 Å². The molecule has 0 fully saturated rings. The molecule has 0 atom stereocenters. The van der Waals surface area contributed by atoms with E-state index in [1.54, 1.807) is 18.2 Å². The van der Waals surface area contributed by atoms with E-state index in [1.165, 1.54) is 0 Å². The predicted molar refractivity (Wildman–Crippen MR) is 81.2 cm³/mol. The lowest BCUT2D eigenvalue weighted by Gasteiger charge is -2.09. The second-order valence-corrected chi connectivity index (χ2v) is 4.80. The van der Waals surface area contributed by atoms with Crippen LogP contribution in [0.15, 0.2) is 42.5 Å². The fourth-order valence-electron chi connectivity index (χ4n) is 1.70. The molecule has 0 aliphatic carbocycles. The number of benzene rings is 2. The lowest BCUT2D eigenvalue weighted by molar-refractivity contribution is -0.118. The van der Waals surface area contributed by atoms with Gasteiger partial charge in [0, 0.05) is 11.4 Å². The first-order chi connectivity index (χ1) is 9.54. The Labute approximate surface area is 122 Å². The SMILES string of the molecule is Cc1cccc(NC(=O)COc2ccc(N)cc2Cl)c1. The molecule has 20 heavy (non-hydrogen) atoms. The fraction of sp³-hybridized carbons (Fsp3) is 0.133. The van der Waals surface area contributed by atoms with Crippen molar-refractivity contribution in [2.24, 2.45) is 0 Å². The van der Waals surface area contributed by atoms with Crippen molar-refractivity contribution < 1.29 is 9.53 Å². The summed E-state index contributed by atoms with van der Waals surface area (Å²) in [6, 6.07) is 12.4. The largest absolute Gasteiger partial charge is 0.482 e. The third kappa shape index (κ3) is 3.90. The van der Waals surface area contributed by atoms with Gasteiger partial charge in [-0.05, 0) is 42.8 Å². The first-order valence-corrected chi connectivity index (χ1v) is 6.47. The molecule has 0 saturated heterocycles. The standard InChI is InChI=1S/C15H15ClN2O2/c1-10-3-2-4-12(7-10)18-15(19)9-20-14-6-5-11(17)8-13(14)16/h2-8H,9,17H2,1H3,(H,18,19). The maximum atomic E-state index is 11.8. The summed E-state index contributed by atoms with van der Waals surface area (Å²) in [6.45, 7) is 1.85. The molecule has 2 aromatic rings. The zero-order valence-corrected chi connectivity index (χ0v) is 11.8. The van der Waals surface area contributed by atoms with Gasteiger partial charge in [-0.3, -0.25) is 4.79 Å². The number of nitrogens with one attached hydrogen (secondary N) is 1. The Bertz CT molecular complexity index is 629. The van der Waals surface area contributed by atoms with Crippen LogP contribution in [0.25, 0.3) is 0 Å². The minimum atomic E-state index is -0.247. The van der Waals surface area contributed by atoms with Gasteiger partial charge in [0.1, 0.15) is 5.75 Å². The minimum Gasteiger partial charge on any atom is -0.482 e. The highest BCUT2D eigenvalue weighted by Crippen LogP contribution is 2.26.